The van der Waals surface area contributed by atoms with Gasteiger partial charge in [-0.1, -0.05) is 0 Å². The molecule has 0 aliphatic rings. The summed E-state index contributed by atoms with van der Waals surface area (Å²) in [7, 11) is -4.91. The summed E-state index contributed by atoms with van der Waals surface area (Å²) >= 11 is 0. The first-order valence-electron chi connectivity index (χ1n) is 3.72. The molecule has 4 N–H and O–H groups in total. The zero-order chi connectivity index (χ0) is 11.4. The van der Waals surface area contributed by atoms with Crippen LogP contribution in [0.5, 0.6) is 0 Å². The van der Waals surface area contributed by atoms with Crippen LogP contribution in [0.1, 0.15) is 13.3 Å². The average Bonchev–Trinajstić information content (AvgIpc) is 2.01. The zero-order valence-corrected chi connectivity index (χ0v) is 8.40. The Labute approximate surface area is 80.3 Å². The van der Waals surface area contributed by atoms with Crippen molar-refractivity contribution >= 4 is 19.8 Å². The molecule has 0 radical (unpaired) electrons. The number of amides is 1. The van der Waals surface area contributed by atoms with Crippen molar-refractivity contribution in [1.82, 2.24) is 5.32 Å². The van der Waals surface area contributed by atoms with Crippen molar-refractivity contribution in [2.24, 2.45) is 0 Å². The topological polar surface area (TPSA) is 124 Å². The Morgan fingerprint density at radius 3 is 2.36 bits per heavy atom. The molecule has 1 amide bonds. The highest BCUT2D eigenvalue weighted by Crippen LogP contribution is 2.49. The standard InChI is InChI=1S/C6H12NO6P/c1-5(9)7-3-2-6(10,4-8)14(11,12)13/h4,10H,2-3H2,1H3,(H,7,9)(H2,11,12,13). The maximum Gasteiger partial charge on any atom is 0.364 e. The molecule has 0 rings (SSSR count). The second-order valence-electron chi connectivity index (χ2n) is 2.77. The molecule has 14 heavy (non-hydrogen) atoms. The van der Waals surface area contributed by atoms with Gasteiger partial charge in [0.05, 0.1) is 0 Å². The summed E-state index contributed by atoms with van der Waals surface area (Å²) in [6.07, 6.45) is -0.740. The number of nitrogens with one attached hydrogen (secondary N) is 1. The molecule has 1 unspecified atom stereocenters. The minimum absolute atomic E-state index is 0.185. The van der Waals surface area contributed by atoms with E-state index in [4.69, 9.17) is 9.79 Å². The second kappa shape index (κ2) is 4.65. The molecule has 7 nitrogen and oxygen atoms in total. The fraction of sp³-hybridized carbons (Fsp3) is 0.667. The van der Waals surface area contributed by atoms with Gasteiger partial charge in [0.2, 0.25) is 11.2 Å². The van der Waals surface area contributed by atoms with E-state index in [1.807, 2.05) is 0 Å². The summed E-state index contributed by atoms with van der Waals surface area (Å²) in [5.74, 6) is -0.413. The van der Waals surface area contributed by atoms with Crippen LogP contribution in [0.25, 0.3) is 0 Å². The molecule has 0 bridgehead atoms. The first kappa shape index (κ1) is 13.2. The predicted molar refractivity (Wildman–Crippen MR) is 46.4 cm³/mol. The molecule has 0 heterocycles. The smallest absolute Gasteiger partial charge is 0.364 e. The molecule has 0 aromatic heterocycles. The molecule has 82 valence electrons. The van der Waals surface area contributed by atoms with E-state index < -0.39 is 25.3 Å². The number of carbonyl (C=O) groups is 2. The first-order chi connectivity index (χ1) is 6.23. The number of aldehydes is 1. The van der Waals surface area contributed by atoms with Gasteiger partial charge in [-0.2, -0.15) is 0 Å². The highest BCUT2D eigenvalue weighted by Gasteiger charge is 2.44. The average molecular weight is 225 g/mol. The summed E-state index contributed by atoms with van der Waals surface area (Å²) < 4.78 is 10.7. The number of rotatable bonds is 5. The van der Waals surface area contributed by atoms with Crippen LogP contribution >= 0.6 is 7.60 Å². The van der Waals surface area contributed by atoms with E-state index in [0.29, 0.717) is 0 Å². The number of hydrogen-bond acceptors (Lipinski definition) is 4. The molecule has 0 spiro atoms. The van der Waals surface area contributed by atoms with E-state index in [2.05, 4.69) is 5.32 Å². The molecule has 0 fully saturated rings. The highest BCUT2D eigenvalue weighted by molar-refractivity contribution is 7.54. The van der Waals surface area contributed by atoms with Crippen LogP contribution in [-0.2, 0) is 14.2 Å². The Bertz CT molecular complexity index is 273. The van der Waals surface area contributed by atoms with Crippen LogP contribution < -0.4 is 5.32 Å². The third-order valence-electron chi connectivity index (χ3n) is 1.56. The van der Waals surface area contributed by atoms with E-state index in [1.54, 1.807) is 0 Å². The van der Waals surface area contributed by atoms with Gasteiger partial charge in [0.1, 0.15) is 0 Å². The quantitative estimate of drug-likeness (QED) is 0.336. The van der Waals surface area contributed by atoms with E-state index >= 15 is 0 Å². The lowest BCUT2D eigenvalue weighted by Crippen LogP contribution is -2.35. The third-order valence-corrected chi connectivity index (χ3v) is 2.90. The van der Waals surface area contributed by atoms with Crippen molar-refractivity contribution in [1.29, 1.82) is 0 Å². The summed E-state index contributed by atoms with van der Waals surface area (Å²) in [5.41, 5.74) is 0. The number of hydrogen-bond donors (Lipinski definition) is 4. The number of carbonyl (C=O) groups excluding carboxylic acids is 2. The van der Waals surface area contributed by atoms with Gasteiger partial charge in [0, 0.05) is 19.9 Å². The molecule has 0 aromatic rings. The first-order valence-corrected chi connectivity index (χ1v) is 5.33. The molecule has 0 aliphatic carbocycles. The van der Waals surface area contributed by atoms with Crippen LogP contribution in [-0.4, -0.2) is 39.0 Å². The fourth-order valence-electron chi connectivity index (χ4n) is 0.696. The largest absolute Gasteiger partial charge is 0.371 e. The minimum Gasteiger partial charge on any atom is -0.371 e. The summed E-state index contributed by atoms with van der Waals surface area (Å²) in [6, 6.07) is 0. The van der Waals surface area contributed by atoms with Crippen molar-refractivity contribution < 1.29 is 29.0 Å². The summed E-state index contributed by atoms with van der Waals surface area (Å²) in [6.45, 7) is 1.02. The Hall–Kier alpha value is -0.750. The maximum absolute atomic E-state index is 10.7. The molecule has 1 atom stereocenters. The zero-order valence-electron chi connectivity index (χ0n) is 7.51. The fourth-order valence-corrected chi connectivity index (χ4v) is 1.24. The highest BCUT2D eigenvalue weighted by atomic mass is 31.2. The monoisotopic (exact) mass is 225 g/mol. The van der Waals surface area contributed by atoms with Crippen LogP contribution in [0.3, 0.4) is 0 Å². The van der Waals surface area contributed by atoms with Crippen molar-refractivity contribution in [2.75, 3.05) is 6.54 Å². The van der Waals surface area contributed by atoms with Gasteiger partial charge >= 0.3 is 7.60 Å². The van der Waals surface area contributed by atoms with E-state index in [-0.39, 0.29) is 12.8 Å². The van der Waals surface area contributed by atoms with Crippen LogP contribution in [0.4, 0.5) is 0 Å². The van der Waals surface area contributed by atoms with Crippen LogP contribution in [0.2, 0.25) is 0 Å². The molecule has 0 saturated carbocycles. The van der Waals surface area contributed by atoms with Crippen molar-refractivity contribution in [2.45, 2.75) is 18.7 Å². The van der Waals surface area contributed by atoms with Crippen molar-refractivity contribution in [3.05, 3.63) is 0 Å². The Morgan fingerprint density at radius 1 is 1.57 bits per heavy atom. The Balaban J connectivity index is 4.36. The van der Waals surface area contributed by atoms with Crippen molar-refractivity contribution in [3.8, 4) is 0 Å². The van der Waals surface area contributed by atoms with Gasteiger partial charge in [-0.15, -0.1) is 0 Å². The van der Waals surface area contributed by atoms with E-state index in [0.717, 1.165) is 0 Å². The molecule has 0 saturated heterocycles. The molecular formula is C6H12NO6P. The van der Waals surface area contributed by atoms with Gasteiger partial charge in [0.15, 0.2) is 6.29 Å². The minimum atomic E-state index is -4.91. The molecule has 0 aromatic carbocycles. The van der Waals surface area contributed by atoms with E-state index in [9.17, 15) is 19.3 Å². The SMILES string of the molecule is CC(=O)NCCC(O)(C=O)P(=O)(O)O. The lowest BCUT2D eigenvalue weighted by atomic mass is 10.2. The van der Waals surface area contributed by atoms with E-state index in [1.165, 1.54) is 6.92 Å². The lowest BCUT2D eigenvalue weighted by Gasteiger charge is -2.22. The Morgan fingerprint density at radius 2 is 2.07 bits per heavy atom. The van der Waals surface area contributed by atoms with Gasteiger partial charge in [-0.05, 0) is 0 Å². The maximum atomic E-state index is 10.7. The summed E-state index contributed by atoms with van der Waals surface area (Å²) in [5, 5.41) is 8.68. The Kier molecular flexibility index (Phi) is 4.41. The number of aliphatic hydroxyl groups is 1. The third kappa shape index (κ3) is 3.55. The molecular weight excluding hydrogens is 213 g/mol. The van der Waals surface area contributed by atoms with Crippen LogP contribution in [0, 0.1) is 0 Å². The molecule has 0 aliphatic heterocycles. The predicted octanol–water partition coefficient (Wildman–Crippen LogP) is -1.42. The van der Waals surface area contributed by atoms with Crippen molar-refractivity contribution in [3.63, 3.8) is 0 Å². The van der Waals surface area contributed by atoms with Gasteiger partial charge in [-0.25, -0.2) is 0 Å². The lowest BCUT2D eigenvalue weighted by molar-refractivity contribution is -0.121. The summed E-state index contributed by atoms with van der Waals surface area (Å²) in [4.78, 5) is 37.9. The van der Waals surface area contributed by atoms with Crippen LogP contribution in [0.15, 0.2) is 0 Å². The normalized spacial score (nSPS) is 15.7. The van der Waals surface area contributed by atoms with Gasteiger partial charge in [0.25, 0.3) is 0 Å². The molecule has 8 heteroatoms. The second-order valence-corrected chi connectivity index (χ2v) is 4.64. The van der Waals surface area contributed by atoms with Gasteiger partial charge < -0.3 is 20.2 Å². The van der Waals surface area contributed by atoms with Gasteiger partial charge in [-0.3, -0.25) is 14.2 Å².